The molecule has 2 aromatic carbocycles. The number of fused-ring (bicyclic) bond motifs is 1. The Kier molecular flexibility index (Phi) is 6.52. The third-order valence-corrected chi connectivity index (χ3v) is 6.27. The van der Waals surface area contributed by atoms with Crippen molar-refractivity contribution in [1.29, 1.82) is 0 Å². The third-order valence-electron chi connectivity index (χ3n) is 4.57. The highest BCUT2D eigenvalue weighted by molar-refractivity contribution is 7.80. The number of benzene rings is 2. The maximum Gasteiger partial charge on any atom is 0.250 e. The summed E-state index contributed by atoms with van der Waals surface area (Å²) in [5, 5.41) is 20.4. The summed E-state index contributed by atoms with van der Waals surface area (Å²) in [5.74, 6) is 0.345. The predicted octanol–water partition coefficient (Wildman–Crippen LogP) is 5.30. The van der Waals surface area contributed by atoms with E-state index in [4.69, 9.17) is 35.4 Å². The standard InChI is InChI=1S/C21H16Cl2N6OS2/c1-11-15(19-28-29-12(2)26-27-21(29)32-19)4-3-5-17(11)24-20(31)25-18(30)9-7-13-6-8-14(22)10-16(13)23/h3-10H,1-2H3,(H2,24,25,30,31)/b9-7+. The Morgan fingerprint density at radius 2 is 2.00 bits per heavy atom. The monoisotopic (exact) mass is 502 g/mol. The van der Waals surface area contributed by atoms with Crippen LogP contribution in [-0.4, -0.2) is 30.8 Å². The first kappa shape index (κ1) is 22.3. The topological polar surface area (TPSA) is 84.2 Å². The van der Waals surface area contributed by atoms with Crippen LogP contribution in [-0.2, 0) is 4.79 Å². The number of thiocarbonyl (C=S) groups is 1. The van der Waals surface area contributed by atoms with Gasteiger partial charge in [0.05, 0.1) is 0 Å². The van der Waals surface area contributed by atoms with Crippen LogP contribution in [0.15, 0.2) is 42.5 Å². The van der Waals surface area contributed by atoms with E-state index in [2.05, 4.69) is 25.9 Å². The number of rotatable bonds is 4. The van der Waals surface area contributed by atoms with Gasteiger partial charge >= 0.3 is 0 Å². The maximum atomic E-state index is 12.3. The Bertz CT molecular complexity index is 1380. The molecule has 4 aromatic rings. The lowest BCUT2D eigenvalue weighted by Gasteiger charge is -2.13. The molecule has 2 N–H and O–H groups in total. The number of hydrogen-bond acceptors (Lipinski definition) is 6. The lowest BCUT2D eigenvalue weighted by molar-refractivity contribution is -0.115. The van der Waals surface area contributed by atoms with Gasteiger partial charge in [-0.3, -0.25) is 10.1 Å². The van der Waals surface area contributed by atoms with Gasteiger partial charge in [-0.25, -0.2) is 0 Å². The molecule has 7 nitrogen and oxygen atoms in total. The van der Waals surface area contributed by atoms with Gasteiger partial charge in [0.2, 0.25) is 10.9 Å². The molecule has 0 aliphatic carbocycles. The first-order chi connectivity index (χ1) is 15.3. The van der Waals surface area contributed by atoms with Crippen LogP contribution in [0.25, 0.3) is 21.6 Å². The van der Waals surface area contributed by atoms with E-state index in [0.29, 0.717) is 15.6 Å². The Balaban J connectivity index is 1.45. The molecule has 11 heteroatoms. The second-order valence-electron chi connectivity index (χ2n) is 6.77. The number of halogens is 2. The van der Waals surface area contributed by atoms with Crippen molar-refractivity contribution in [1.82, 2.24) is 25.1 Å². The van der Waals surface area contributed by atoms with Crippen molar-refractivity contribution in [2.75, 3.05) is 5.32 Å². The van der Waals surface area contributed by atoms with E-state index in [9.17, 15) is 4.79 Å². The third kappa shape index (κ3) is 4.81. The minimum atomic E-state index is -0.383. The molecule has 0 fully saturated rings. The van der Waals surface area contributed by atoms with E-state index < -0.39 is 0 Å². The van der Waals surface area contributed by atoms with Gasteiger partial charge in [-0.2, -0.15) is 9.61 Å². The second-order valence-corrected chi connectivity index (χ2v) is 8.98. The van der Waals surface area contributed by atoms with Crippen LogP contribution >= 0.6 is 46.8 Å². The van der Waals surface area contributed by atoms with Gasteiger partial charge in [0.15, 0.2) is 10.9 Å². The van der Waals surface area contributed by atoms with Gasteiger partial charge < -0.3 is 5.32 Å². The summed E-state index contributed by atoms with van der Waals surface area (Å²) in [6.45, 7) is 3.81. The van der Waals surface area contributed by atoms with Gasteiger partial charge in [-0.05, 0) is 61.5 Å². The molecule has 162 valence electrons. The highest BCUT2D eigenvalue weighted by Gasteiger charge is 2.14. The molecule has 0 aliphatic heterocycles. The molecule has 2 aromatic heterocycles. The highest BCUT2D eigenvalue weighted by atomic mass is 35.5. The maximum absolute atomic E-state index is 12.3. The average molecular weight is 503 g/mol. The fourth-order valence-corrected chi connectivity index (χ4v) is 4.59. The fraction of sp³-hybridized carbons (Fsp3) is 0.0952. The zero-order valence-electron chi connectivity index (χ0n) is 16.9. The van der Waals surface area contributed by atoms with Crippen molar-refractivity contribution in [3.63, 3.8) is 0 Å². The molecule has 0 unspecified atom stereocenters. The van der Waals surface area contributed by atoms with Crippen molar-refractivity contribution in [3.8, 4) is 10.6 Å². The Hall–Kier alpha value is -2.85. The minimum absolute atomic E-state index is 0.177. The minimum Gasteiger partial charge on any atom is -0.332 e. The smallest absolute Gasteiger partial charge is 0.250 e. The lowest BCUT2D eigenvalue weighted by Crippen LogP contribution is -2.33. The Morgan fingerprint density at radius 1 is 1.19 bits per heavy atom. The van der Waals surface area contributed by atoms with Crippen LogP contribution in [0.3, 0.4) is 0 Å². The molecule has 32 heavy (non-hydrogen) atoms. The van der Waals surface area contributed by atoms with E-state index in [-0.39, 0.29) is 11.0 Å². The molecular weight excluding hydrogens is 487 g/mol. The van der Waals surface area contributed by atoms with Crippen molar-refractivity contribution in [2.24, 2.45) is 0 Å². The largest absolute Gasteiger partial charge is 0.332 e. The molecule has 0 radical (unpaired) electrons. The summed E-state index contributed by atoms with van der Waals surface area (Å²) in [5.41, 5.74) is 3.32. The number of anilines is 1. The summed E-state index contributed by atoms with van der Waals surface area (Å²) in [6.07, 6.45) is 2.95. The normalized spacial score (nSPS) is 11.2. The van der Waals surface area contributed by atoms with Crippen molar-refractivity contribution >= 4 is 74.5 Å². The lowest BCUT2D eigenvalue weighted by atomic mass is 10.1. The average Bonchev–Trinajstić information content (AvgIpc) is 3.31. The quantitative estimate of drug-likeness (QED) is 0.290. The number of aryl methyl sites for hydroxylation is 1. The van der Waals surface area contributed by atoms with Gasteiger partial charge in [-0.1, -0.05) is 52.7 Å². The van der Waals surface area contributed by atoms with Crippen molar-refractivity contribution in [2.45, 2.75) is 13.8 Å². The van der Waals surface area contributed by atoms with Crippen molar-refractivity contribution in [3.05, 3.63) is 69.5 Å². The molecule has 0 saturated carbocycles. The molecule has 0 aliphatic rings. The summed E-state index contributed by atoms with van der Waals surface area (Å²) in [6, 6.07) is 10.8. The van der Waals surface area contributed by atoms with Crippen LogP contribution in [0.2, 0.25) is 10.0 Å². The first-order valence-electron chi connectivity index (χ1n) is 9.36. The molecule has 2 heterocycles. The van der Waals surface area contributed by atoms with E-state index in [1.165, 1.54) is 17.4 Å². The van der Waals surface area contributed by atoms with Crippen LogP contribution in [0.4, 0.5) is 5.69 Å². The SMILES string of the molecule is Cc1c(NC(=S)NC(=O)/C=C/c2ccc(Cl)cc2Cl)cccc1-c1nn2c(C)nnc2s1. The zero-order valence-corrected chi connectivity index (χ0v) is 20.0. The van der Waals surface area contributed by atoms with Gasteiger partial charge in [0, 0.05) is 27.4 Å². The zero-order chi connectivity index (χ0) is 22.8. The molecule has 0 atom stereocenters. The fourth-order valence-electron chi connectivity index (χ4n) is 2.94. The number of hydrogen-bond donors (Lipinski definition) is 2. The van der Waals surface area contributed by atoms with Crippen molar-refractivity contribution < 1.29 is 4.79 Å². The van der Waals surface area contributed by atoms with Crippen LogP contribution in [0, 0.1) is 13.8 Å². The van der Waals surface area contributed by atoms with Gasteiger partial charge in [-0.15, -0.1) is 10.2 Å². The molecular formula is C21H16Cl2N6OS2. The van der Waals surface area contributed by atoms with E-state index in [1.807, 2.05) is 32.0 Å². The highest BCUT2D eigenvalue weighted by Crippen LogP contribution is 2.31. The Morgan fingerprint density at radius 3 is 2.75 bits per heavy atom. The second kappa shape index (κ2) is 9.33. The summed E-state index contributed by atoms with van der Waals surface area (Å²) in [4.78, 5) is 13.0. The van der Waals surface area contributed by atoms with E-state index >= 15 is 0 Å². The first-order valence-corrected chi connectivity index (χ1v) is 11.3. The summed E-state index contributed by atoms with van der Waals surface area (Å²) < 4.78 is 1.71. The van der Waals surface area contributed by atoms with Crippen LogP contribution in [0.1, 0.15) is 17.0 Å². The summed E-state index contributed by atoms with van der Waals surface area (Å²) >= 11 is 18.8. The number of carbonyl (C=O) groups is 1. The molecule has 0 spiro atoms. The number of nitrogens with one attached hydrogen (secondary N) is 2. The molecule has 0 bridgehead atoms. The number of carbonyl (C=O) groups excluding carboxylic acids is 1. The van der Waals surface area contributed by atoms with E-state index in [1.54, 1.807) is 28.8 Å². The number of nitrogens with zero attached hydrogens (tertiary/aromatic N) is 4. The van der Waals surface area contributed by atoms with E-state index in [0.717, 1.165) is 32.6 Å². The number of aromatic nitrogens is 4. The summed E-state index contributed by atoms with van der Waals surface area (Å²) in [7, 11) is 0. The van der Waals surface area contributed by atoms with Crippen LogP contribution in [0.5, 0.6) is 0 Å². The Labute approximate surface area is 203 Å². The van der Waals surface area contributed by atoms with Gasteiger partial charge in [0.1, 0.15) is 5.01 Å². The molecule has 0 saturated heterocycles. The van der Waals surface area contributed by atoms with Gasteiger partial charge in [0.25, 0.3) is 0 Å². The number of amides is 1. The molecule has 1 amide bonds. The predicted molar refractivity (Wildman–Crippen MR) is 133 cm³/mol. The van der Waals surface area contributed by atoms with Crippen LogP contribution < -0.4 is 10.6 Å². The molecule has 4 rings (SSSR count).